The molecule has 0 aromatic carbocycles. The highest BCUT2D eigenvalue weighted by Gasteiger charge is 2.34. The molecule has 1 aliphatic heterocycles. The maximum Gasteiger partial charge on any atom is 0.401 e. The highest BCUT2D eigenvalue weighted by Crippen LogP contribution is 2.20. The molecule has 148 valence electrons. The predicted octanol–water partition coefficient (Wildman–Crippen LogP) is 2.06. The lowest BCUT2D eigenvalue weighted by atomic mass is 9.97. The number of rotatable bonds is 5. The average molecular weight is 376 g/mol. The van der Waals surface area contributed by atoms with Gasteiger partial charge < -0.3 is 15.2 Å². The number of halogens is 3. The van der Waals surface area contributed by atoms with Crippen LogP contribution in [0.3, 0.4) is 0 Å². The van der Waals surface area contributed by atoms with Gasteiger partial charge in [0.1, 0.15) is 6.54 Å². The van der Waals surface area contributed by atoms with E-state index in [1.165, 1.54) is 4.90 Å². The van der Waals surface area contributed by atoms with Gasteiger partial charge in [-0.15, -0.1) is 0 Å². The Morgan fingerprint density at radius 3 is 2.65 bits per heavy atom. The lowest BCUT2D eigenvalue weighted by Crippen LogP contribution is -2.45. The molecule has 2 N–H and O–H groups in total. The minimum atomic E-state index is -4.17. The van der Waals surface area contributed by atoms with Gasteiger partial charge in [-0.1, -0.05) is 25.9 Å². The molecule has 26 heavy (non-hydrogen) atoms. The summed E-state index contributed by atoms with van der Waals surface area (Å²) in [6.07, 6.45) is -3.53. The van der Waals surface area contributed by atoms with Crippen molar-refractivity contribution >= 4 is 5.96 Å². The first kappa shape index (κ1) is 20.5. The number of nitrogens with one attached hydrogen (secondary N) is 2. The fourth-order valence-electron chi connectivity index (χ4n) is 2.63. The van der Waals surface area contributed by atoms with Crippen LogP contribution in [0.15, 0.2) is 9.52 Å². The smallest absolute Gasteiger partial charge is 0.357 e. The van der Waals surface area contributed by atoms with Crippen molar-refractivity contribution in [3.05, 3.63) is 11.7 Å². The van der Waals surface area contributed by atoms with E-state index < -0.39 is 12.7 Å². The van der Waals surface area contributed by atoms with Crippen LogP contribution in [-0.2, 0) is 12.0 Å². The third-order valence-corrected chi connectivity index (χ3v) is 3.85. The molecular formula is C16H27F3N6O. The Hall–Kier alpha value is -1.84. The molecule has 7 nitrogen and oxygen atoms in total. The maximum atomic E-state index is 12.5. The lowest BCUT2D eigenvalue weighted by Gasteiger charge is -2.19. The Kier molecular flexibility index (Phi) is 6.48. The van der Waals surface area contributed by atoms with E-state index in [1.807, 2.05) is 27.7 Å². The summed E-state index contributed by atoms with van der Waals surface area (Å²) in [6.45, 7) is 8.60. The molecule has 0 bridgehead atoms. The molecule has 1 atom stereocenters. The van der Waals surface area contributed by atoms with Crippen LogP contribution in [0.25, 0.3) is 0 Å². The molecule has 1 fully saturated rings. The van der Waals surface area contributed by atoms with E-state index in [1.54, 1.807) is 0 Å². The molecule has 2 heterocycles. The Bertz CT molecular complexity index is 608. The van der Waals surface area contributed by atoms with Gasteiger partial charge in [-0.05, 0) is 13.3 Å². The summed E-state index contributed by atoms with van der Waals surface area (Å²) in [7, 11) is 0. The minimum Gasteiger partial charge on any atom is -0.357 e. The molecule has 10 heteroatoms. The van der Waals surface area contributed by atoms with E-state index in [-0.39, 0.29) is 18.0 Å². The Balaban J connectivity index is 1.92. The standard InChI is InChI=1S/C16H27F3N6O/c1-5-20-14(21-8-12-23-13(26-24-12)15(2,3)4)22-11-6-7-25(9-11)10-16(17,18)19/h11H,5-10H2,1-4H3,(H2,20,21,22). The summed E-state index contributed by atoms with van der Waals surface area (Å²) < 4.78 is 42.7. The summed E-state index contributed by atoms with van der Waals surface area (Å²) in [5.41, 5.74) is -0.233. The number of nitrogens with zero attached hydrogens (tertiary/aromatic N) is 4. The molecule has 0 radical (unpaired) electrons. The van der Waals surface area contributed by atoms with Crippen LogP contribution in [0.5, 0.6) is 0 Å². The number of alkyl halides is 3. The van der Waals surface area contributed by atoms with Crippen molar-refractivity contribution in [3.8, 4) is 0 Å². The Morgan fingerprint density at radius 1 is 1.35 bits per heavy atom. The Morgan fingerprint density at radius 2 is 2.08 bits per heavy atom. The van der Waals surface area contributed by atoms with Crippen LogP contribution in [0.1, 0.15) is 45.8 Å². The third-order valence-electron chi connectivity index (χ3n) is 3.85. The zero-order valence-corrected chi connectivity index (χ0v) is 15.7. The van der Waals surface area contributed by atoms with E-state index in [0.29, 0.717) is 43.7 Å². The van der Waals surface area contributed by atoms with Gasteiger partial charge in [-0.3, -0.25) is 4.90 Å². The van der Waals surface area contributed by atoms with E-state index in [2.05, 4.69) is 25.8 Å². The highest BCUT2D eigenvalue weighted by atomic mass is 19.4. The molecular weight excluding hydrogens is 349 g/mol. The summed E-state index contributed by atoms with van der Waals surface area (Å²) >= 11 is 0. The summed E-state index contributed by atoms with van der Waals surface area (Å²) in [5, 5.41) is 10.2. The third kappa shape index (κ3) is 6.47. The van der Waals surface area contributed by atoms with Crippen molar-refractivity contribution in [2.24, 2.45) is 4.99 Å². The predicted molar refractivity (Wildman–Crippen MR) is 91.8 cm³/mol. The van der Waals surface area contributed by atoms with Gasteiger partial charge in [0, 0.05) is 31.1 Å². The Labute approximate surface area is 151 Å². The molecule has 1 aliphatic rings. The van der Waals surface area contributed by atoms with Crippen molar-refractivity contribution < 1.29 is 17.7 Å². The second-order valence-electron chi connectivity index (χ2n) is 7.44. The first-order valence-corrected chi connectivity index (χ1v) is 8.74. The van der Waals surface area contributed by atoms with Gasteiger partial charge in [0.15, 0.2) is 11.8 Å². The number of hydrogen-bond acceptors (Lipinski definition) is 5. The second kappa shape index (κ2) is 8.24. The first-order chi connectivity index (χ1) is 12.1. The molecule has 2 rings (SSSR count). The van der Waals surface area contributed by atoms with Gasteiger partial charge in [0.2, 0.25) is 5.89 Å². The second-order valence-corrected chi connectivity index (χ2v) is 7.44. The largest absolute Gasteiger partial charge is 0.401 e. The van der Waals surface area contributed by atoms with Crippen LogP contribution in [0.4, 0.5) is 13.2 Å². The van der Waals surface area contributed by atoms with Crippen LogP contribution in [0, 0.1) is 0 Å². The monoisotopic (exact) mass is 376 g/mol. The normalized spacial score (nSPS) is 19.8. The fourth-order valence-corrected chi connectivity index (χ4v) is 2.63. The molecule has 0 spiro atoms. The number of hydrogen-bond donors (Lipinski definition) is 2. The molecule has 1 saturated heterocycles. The van der Waals surface area contributed by atoms with Crippen LogP contribution in [0.2, 0.25) is 0 Å². The van der Waals surface area contributed by atoms with Crippen molar-refractivity contribution in [3.63, 3.8) is 0 Å². The summed E-state index contributed by atoms with van der Waals surface area (Å²) in [6, 6.07) is -0.0782. The molecule has 0 amide bonds. The van der Waals surface area contributed by atoms with Crippen LogP contribution >= 0.6 is 0 Å². The van der Waals surface area contributed by atoms with E-state index >= 15 is 0 Å². The SMILES string of the molecule is CCNC(=NCc1noc(C(C)(C)C)n1)NC1CCN(CC(F)(F)F)C1. The average Bonchev–Trinajstić information content (AvgIpc) is 3.12. The zero-order chi connectivity index (χ0) is 19.4. The van der Waals surface area contributed by atoms with E-state index in [4.69, 9.17) is 4.52 Å². The molecule has 1 aromatic heterocycles. The van der Waals surface area contributed by atoms with Gasteiger partial charge in [-0.25, -0.2) is 4.99 Å². The van der Waals surface area contributed by atoms with Crippen molar-refractivity contribution in [1.29, 1.82) is 0 Å². The van der Waals surface area contributed by atoms with Crippen molar-refractivity contribution in [2.75, 3.05) is 26.2 Å². The van der Waals surface area contributed by atoms with Gasteiger partial charge in [-0.2, -0.15) is 18.2 Å². The zero-order valence-electron chi connectivity index (χ0n) is 15.7. The van der Waals surface area contributed by atoms with Crippen molar-refractivity contribution in [1.82, 2.24) is 25.7 Å². The summed E-state index contributed by atoms with van der Waals surface area (Å²) in [5.74, 6) is 1.55. The van der Waals surface area contributed by atoms with E-state index in [0.717, 1.165) is 0 Å². The molecule has 0 aliphatic carbocycles. The quantitative estimate of drug-likeness (QED) is 0.605. The molecule has 0 saturated carbocycles. The first-order valence-electron chi connectivity index (χ1n) is 8.74. The van der Waals surface area contributed by atoms with Gasteiger partial charge >= 0.3 is 6.18 Å². The highest BCUT2D eigenvalue weighted by molar-refractivity contribution is 5.80. The number of aliphatic imine (C=N–C) groups is 1. The number of likely N-dealkylation sites (tertiary alicyclic amines) is 1. The van der Waals surface area contributed by atoms with Crippen molar-refractivity contribution in [2.45, 2.75) is 58.3 Å². The lowest BCUT2D eigenvalue weighted by molar-refractivity contribution is -0.143. The van der Waals surface area contributed by atoms with Gasteiger partial charge in [0.05, 0.1) is 6.54 Å². The molecule has 1 aromatic rings. The van der Waals surface area contributed by atoms with Crippen LogP contribution in [-0.4, -0.2) is 59.4 Å². The maximum absolute atomic E-state index is 12.5. The minimum absolute atomic E-state index is 0.0782. The van der Waals surface area contributed by atoms with Gasteiger partial charge in [0.25, 0.3) is 0 Å². The molecule has 1 unspecified atom stereocenters. The topological polar surface area (TPSA) is 78.6 Å². The van der Waals surface area contributed by atoms with E-state index in [9.17, 15) is 13.2 Å². The number of guanidine groups is 1. The fraction of sp³-hybridized carbons (Fsp3) is 0.812. The number of aromatic nitrogens is 2. The van der Waals surface area contributed by atoms with Crippen LogP contribution < -0.4 is 10.6 Å². The summed E-state index contributed by atoms with van der Waals surface area (Å²) in [4.78, 5) is 10.1.